The van der Waals surface area contributed by atoms with Gasteiger partial charge in [0.1, 0.15) is 17.5 Å². The molecule has 0 aliphatic rings. The lowest BCUT2D eigenvalue weighted by Crippen LogP contribution is -2.34. The molecule has 3 aromatic carbocycles. The standard InChI is InChI=1S/C35H41N3O4S/c1-4-5-6-7-8-21-41-30-15-13-27(14-16-30)29-23-36-34(37-24-29)28-11-9-26(10-12-28)22-33(35(39)40)38-43-32-19-17-31(18-20-32)42-25(2)3/h9-20,23-25,33,38H,4-8,21-22H2,1-3H3,(H,39,40). The molecule has 1 heterocycles. The minimum atomic E-state index is -0.905. The Bertz CT molecular complexity index is 1390. The lowest BCUT2D eigenvalue weighted by atomic mass is 10.0. The van der Waals surface area contributed by atoms with Gasteiger partial charge in [0.25, 0.3) is 0 Å². The van der Waals surface area contributed by atoms with Crippen LogP contribution >= 0.6 is 11.9 Å². The van der Waals surface area contributed by atoms with Crippen molar-refractivity contribution in [3.63, 3.8) is 0 Å². The number of carboxylic acids is 1. The molecule has 0 aliphatic heterocycles. The highest BCUT2D eigenvalue weighted by atomic mass is 32.2. The van der Waals surface area contributed by atoms with Gasteiger partial charge in [-0.25, -0.2) is 14.7 Å². The summed E-state index contributed by atoms with van der Waals surface area (Å²) in [6, 6.07) is 22.6. The molecule has 2 N–H and O–H groups in total. The molecule has 0 bridgehead atoms. The number of carboxylic acid groups (broad SMARTS) is 1. The zero-order chi connectivity index (χ0) is 30.4. The maximum absolute atomic E-state index is 11.9. The van der Waals surface area contributed by atoms with E-state index in [9.17, 15) is 9.90 Å². The number of hydrogen-bond donors (Lipinski definition) is 2. The average Bonchev–Trinajstić information content (AvgIpc) is 3.02. The van der Waals surface area contributed by atoms with Gasteiger partial charge in [-0.05, 0) is 86.2 Å². The minimum Gasteiger partial charge on any atom is -0.494 e. The number of nitrogens with zero attached hydrogens (tertiary/aromatic N) is 2. The van der Waals surface area contributed by atoms with E-state index in [1.807, 2.05) is 99.0 Å². The number of ether oxygens (including phenoxy) is 2. The van der Waals surface area contributed by atoms with Crippen molar-refractivity contribution in [1.82, 2.24) is 14.7 Å². The molecule has 43 heavy (non-hydrogen) atoms. The molecule has 1 atom stereocenters. The molecule has 0 saturated heterocycles. The normalized spacial score (nSPS) is 11.8. The first-order valence-corrected chi connectivity index (χ1v) is 15.8. The van der Waals surface area contributed by atoms with Gasteiger partial charge in [0.15, 0.2) is 5.82 Å². The largest absolute Gasteiger partial charge is 0.494 e. The molecule has 0 amide bonds. The predicted molar refractivity (Wildman–Crippen MR) is 173 cm³/mol. The van der Waals surface area contributed by atoms with Crippen LogP contribution in [-0.2, 0) is 11.2 Å². The Kier molecular flexibility index (Phi) is 12.4. The Balaban J connectivity index is 1.28. The summed E-state index contributed by atoms with van der Waals surface area (Å²) in [5.41, 5.74) is 3.74. The van der Waals surface area contributed by atoms with Crippen LogP contribution in [0.25, 0.3) is 22.5 Å². The van der Waals surface area contributed by atoms with E-state index in [1.165, 1.54) is 37.6 Å². The van der Waals surface area contributed by atoms with Gasteiger partial charge in [0.2, 0.25) is 0 Å². The zero-order valence-electron chi connectivity index (χ0n) is 25.2. The third kappa shape index (κ3) is 10.4. The van der Waals surface area contributed by atoms with Crippen LogP contribution in [0.4, 0.5) is 0 Å². The molecular formula is C35H41N3O4S. The van der Waals surface area contributed by atoms with E-state index in [4.69, 9.17) is 9.47 Å². The van der Waals surface area contributed by atoms with Gasteiger partial charge in [-0.3, -0.25) is 4.79 Å². The third-order valence-corrected chi connectivity index (χ3v) is 7.73. The molecule has 1 aromatic heterocycles. The van der Waals surface area contributed by atoms with Crippen LogP contribution in [0.1, 0.15) is 58.4 Å². The van der Waals surface area contributed by atoms with Crippen molar-refractivity contribution in [2.75, 3.05) is 6.61 Å². The summed E-state index contributed by atoms with van der Waals surface area (Å²) in [7, 11) is 0. The average molecular weight is 600 g/mol. The maximum Gasteiger partial charge on any atom is 0.321 e. The summed E-state index contributed by atoms with van der Waals surface area (Å²) >= 11 is 1.30. The molecule has 0 fully saturated rings. The summed E-state index contributed by atoms with van der Waals surface area (Å²) < 4.78 is 14.6. The highest BCUT2D eigenvalue weighted by Crippen LogP contribution is 2.24. The molecule has 0 spiro atoms. The van der Waals surface area contributed by atoms with E-state index >= 15 is 0 Å². The SMILES string of the molecule is CCCCCCCOc1ccc(-c2cnc(-c3ccc(CC(NSc4ccc(OC(C)C)cc4)C(=O)O)cc3)nc2)cc1. The van der Waals surface area contributed by atoms with Crippen molar-refractivity contribution >= 4 is 17.9 Å². The van der Waals surface area contributed by atoms with Gasteiger partial charge in [0.05, 0.1) is 12.7 Å². The van der Waals surface area contributed by atoms with Crippen LogP contribution in [0.3, 0.4) is 0 Å². The van der Waals surface area contributed by atoms with Crippen LogP contribution in [-0.4, -0.2) is 39.8 Å². The Morgan fingerprint density at radius 3 is 2.07 bits per heavy atom. The minimum absolute atomic E-state index is 0.101. The molecule has 0 radical (unpaired) electrons. The number of aromatic nitrogens is 2. The number of benzene rings is 3. The monoisotopic (exact) mass is 599 g/mol. The van der Waals surface area contributed by atoms with E-state index < -0.39 is 12.0 Å². The smallest absolute Gasteiger partial charge is 0.321 e. The quantitative estimate of drug-likeness (QED) is 0.0926. The van der Waals surface area contributed by atoms with Crippen molar-refractivity contribution in [3.05, 3.63) is 90.8 Å². The summed E-state index contributed by atoms with van der Waals surface area (Å²) in [5, 5.41) is 9.78. The van der Waals surface area contributed by atoms with E-state index in [-0.39, 0.29) is 6.10 Å². The van der Waals surface area contributed by atoms with Crippen LogP contribution in [0, 0.1) is 0 Å². The van der Waals surface area contributed by atoms with Crippen LogP contribution < -0.4 is 14.2 Å². The van der Waals surface area contributed by atoms with E-state index in [2.05, 4.69) is 21.6 Å². The summed E-state index contributed by atoms with van der Waals surface area (Å²) in [6.45, 7) is 6.92. The third-order valence-electron chi connectivity index (χ3n) is 6.82. The Labute approximate surface area is 259 Å². The molecular weight excluding hydrogens is 558 g/mol. The second-order valence-electron chi connectivity index (χ2n) is 10.7. The summed E-state index contributed by atoms with van der Waals surface area (Å²) in [4.78, 5) is 22.0. The highest BCUT2D eigenvalue weighted by molar-refractivity contribution is 7.97. The second kappa shape index (κ2) is 16.7. The first kappa shape index (κ1) is 32.0. The first-order valence-electron chi connectivity index (χ1n) is 15.0. The molecule has 7 nitrogen and oxygen atoms in total. The van der Waals surface area contributed by atoms with Gasteiger partial charge >= 0.3 is 5.97 Å². The molecule has 8 heteroatoms. The van der Waals surface area contributed by atoms with Crippen molar-refractivity contribution in [3.8, 4) is 34.0 Å². The molecule has 0 saturated carbocycles. The number of nitrogens with one attached hydrogen (secondary N) is 1. The van der Waals surface area contributed by atoms with E-state index in [1.54, 1.807) is 0 Å². The highest BCUT2D eigenvalue weighted by Gasteiger charge is 2.18. The van der Waals surface area contributed by atoms with Gasteiger partial charge in [-0.2, -0.15) is 0 Å². The number of aliphatic carboxylic acids is 1. The maximum atomic E-state index is 11.9. The summed E-state index contributed by atoms with van der Waals surface area (Å²) in [6.07, 6.45) is 10.2. The number of rotatable bonds is 17. The van der Waals surface area contributed by atoms with Gasteiger partial charge in [-0.15, -0.1) is 0 Å². The molecule has 1 unspecified atom stereocenters. The van der Waals surface area contributed by atoms with Gasteiger partial charge in [0, 0.05) is 28.4 Å². The topological polar surface area (TPSA) is 93.6 Å². The van der Waals surface area contributed by atoms with Crippen molar-refractivity contribution in [1.29, 1.82) is 0 Å². The van der Waals surface area contributed by atoms with Crippen molar-refractivity contribution in [2.24, 2.45) is 0 Å². The van der Waals surface area contributed by atoms with Crippen molar-refractivity contribution in [2.45, 2.75) is 76.3 Å². The second-order valence-corrected chi connectivity index (χ2v) is 11.6. The van der Waals surface area contributed by atoms with Crippen LogP contribution in [0.15, 0.2) is 90.1 Å². The first-order chi connectivity index (χ1) is 20.9. The Hall–Kier alpha value is -3.88. The molecule has 226 valence electrons. The van der Waals surface area contributed by atoms with Crippen LogP contribution in [0.5, 0.6) is 11.5 Å². The van der Waals surface area contributed by atoms with Crippen molar-refractivity contribution < 1.29 is 19.4 Å². The number of carbonyl (C=O) groups is 1. The fraction of sp³-hybridized carbons (Fsp3) is 0.343. The van der Waals surface area contributed by atoms with Gasteiger partial charge < -0.3 is 14.6 Å². The van der Waals surface area contributed by atoms with E-state index in [0.29, 0.717) is 12.2 Å². The van der Waals surface area contributed by atoms with Gasteiger partial charge in [-0.1, -0.05) is 69.0 Å². The Morgan fingerprint density at radius 1 is 0.814 bits per heavy atom. The fourth-order valence-electron chi connectivity index (χ4n) is 4.47. The zero-order valence-corrected chi connectivity index (χ0v) is 26.0. The van der Waals surface area contributed by atoms with E-state index in [0.717, 1.165) is 51.7 Å². The lowest BCUT2D eigenvalue weighted by molar-refractivity contribution is -0.138. The molecule has 0 aliphatic carbocycles. The molecule has 4 rings (SSSR count). The number of unbranched alkanes of at least 4 members (excludes halogenated alkanes) is 4. The predicted octanol–water partition coefficient (Wildman–Crippen LogP) is 8.24. The summed E-state index contributed by atoms with van der Waals surface area (Å²) in [5.74, 6) is 1.38. The van der Waals surface area contributed by atoms with Crippen LogP contribution in [0.2, 0.25) is 0 Å². The number of hydrogen-bond acceptors (Lipinski definition) is 7. The fourth-order valence-corrected chi connectivity index (χ4v) is 5.20. The molecule has 4 aromatic rings. The lowest BCUT2D eigenvalue weighted by Gasteiger charge is -2.15. The Morgan fingerprint density at radius 2 is 1.44 bits per heavy atom.